The van der Waals surface area contributed by atoms with Crippen LogP contribution in [0.4, 0.5) is 0 Å². The number of carbonyl (C=O) groups is 1. The van der Waals surface area contributed by atoms with E-state index in [0.29, 0.717) is 0 Å². The van der Waals surface area contributed by atoms with Gasteiger partial charge < -0.3 is 14.8 Å². The standard InChI is InChI=1S/C29H57NO3/c1-5-7-9-11-13-15-17-21-27-25(3)29(31)30-26(4)28(33-24-20-19-23-32-27)22-18-16-14-12-10-8-6-2/h25-28H,5-24H2,1-4H3,(H,30,31)/t25-,26-,27+,28?/m0/s1. The fraction of sp³-hybridized carbons (Fsp3) is 0.966. The Hall–Kier alpha value is -0.610. The van der Waals surface area contributed by atoms with Crippen molar-refractivity contribution >= 4 is 5.91 Å². The highest BCUT2D eigenvalue weighted by molar-refractivity contribution is 5.79. The van der Waals surface area contributed by atoms with Crippen molar-refractivity contribution in [2.45, 2.75) is 162 Å². The second-order valence-corrected chi connectivity index (χ2v) is 10.4. The molecule has 0 saturated carbocycles. The van der Waals surface area contributed by atoms with Crippen molar-refractivity contribution in [3.8, 4) is 0 Å². The van der Waals surface area contributed by atoms with E-state index >= 15 is 0 Å². The first-order valence-electron chi connectivity index (χ1n) is 14.6. The van der Waals surface area contributed by atoms with Gasteiger partial charge in [-0.3, -0.25) is 4.79 Å². The summed E-state index contributed by atoms with van der Waals surface area (Å²) >= 11 is 0. The van der Waals surface area contributed by atoms with Crippen LogP contribution in [0.15, 0.2) is 0 Å². The Morgan fingerprint density at radius 1 is 0.667 bits per heavy atom. The van der Waals surface area contributed by atoms with Gasteiger partial charge in [0.2, 0.25) is 5.91 Å². The van der Waals surface area contributed by atoms with E-state index in [1.807, 2.05) is 6.92 Å². The zero-order valence-corrected chi connectivity index (χ0v) is 22.7. The quantitative estimate of drug-likeness (QED) is 0.234. The van der Waals surface area contributed by atoms with Crippen LogP contribution >= 0.6 is 0 Å². The first-order chi connectivity index (χ1) is 16.1. The molecule has 1 heterocycles. The highest BCUT2D eigenvalue weighted by Crippen LogP contribution is 2.20. The molecular weight excluding hydrogens is 410 g/mol. The summed E-state index contributed by atoms with van der Waals surface area (Å²) in [6.07, 6.45) is 22.5. The number of hydrogen-bond acceptors (Lipinski definition) is 3. The predicted octanol–water partition coefficient (Wildman–Crippen LogP) is 7.97. The Morgan fingerprint density at radius 2 is 1.09 bits per heavy atom. The molecular formula is C29H57NO3. The SMILES string of the molecule is CCCCCCCCCC1OCCCCO[C@H](CCCCCCCCC)[C@H](C)C(=O)N[C@H]1C. The topological polar surface area (TPSA) is 47.6 Å². The summed E-state index contributed by atoms with van der Waals surface area (Å²) in [6, 6.07) is 0.0543. The molecule has 1 aliphatic rings. The monoisotopic (exact) mass is 467 g/mol. The van der Waals surface area contributed by atoms with Gasteiger partial charge in [-0.25, -0.2) is 0 Å². The van der Waals surface area contributed by atoms with Crippen molar-refractivity contribution in [2.75, 3.05) is 13.2 Å². The molecule has 4 heteroatoms. The zero-order chi connectivity index (χ0) is 24.2. The fourth-order valence-corrected chi connectivity index (χ4v) is 4.85. The summed E-state index contributed by atoms with van der Waals surface area (Å²) in [6.45, 7) is 10.2. The van der Waals surface area contributed by atoms with Gasteiger partial charge in [-0.2, -0.15) is 0 Å². The largest absolute Gasteiger partial charge is 0.377 e. The molecule has 1 saturated heterocycles. The van der Waals surface area contributed by atoms with Gasteiger partial charge in [0.05, 0.1) is 24.2 Å². The van der Waals surface area contributed by atoms with Crippen molar-refractivity contribution in [1.82, 2.24) is 5.32 Å². The van der Waals surface area contributed by atoms with Crippen LogP contribution in [-0.4, -0.2) is 37.4 Å². The summed E-state index contributed by atoms with van der Waals surface area (Å²) in [5, 5.41) is 3.28. The van der Waals surface area contributed by atoms with Crippen LogP contribution in [0.25, 0.3) is 0 Å². The fourth-order valence-electron chi connectivity index (χ4n) is 4.85. The Labute approximate surface area is 206 Å². The minimum Gasteiger partial charge on any atom is -0.377 e. The summed E-state index contributed by atoms with van der Waals surface area (Å²) in [5.74, 6) is 0.0235. The van der Waals surface area contributed by atoms with Gasteiger partial charge in [0.15, 0.2) is 0 Å². The van der Waals surface area contributed by atoms with E-state index in [-0.39, 0.29) is 30.1 Å². The van der Waals surface area contributed by atoms with Crippen molar-refractivity contribution in [3.05, 3.63) is 0 Å². The van der Waals surface area contributed by atoms with E-state index in [4.69, 9.17) is 9.47 Å². The molecule has 1 rings (SSSR count). The Bertz CT molecular complexity index is 456. The van der Waals surface area contributed by atoms with E-state index in [2.05, 4.69) is 26.1 Å². The lowest BCUT2D eigenvalue weighted by atomic mass is 9.96. The minimum atomic E-state index is -0.105. The van der Waals surface area contributed by atoms with E-state index in [0.717, 1.165) is 45.3 Å². The van der Waals surface area contributed by atoms with Crippen molar-refractivity contribution in [1.29, 1.82) is 0 Å². The second-order valence-electron chi connectivity index (χ2n) is 10.4. The van der Waals surface area contributed by atoms with Crippen LogP contribution in [-0.2, 0) is 14.3 Å². The zero-order valence-electron chi connectivity index (χ0n) is 22.7. The highest BCUT2D eigenvalue weighted by Gasteiger charge is 2.28. The summed E-state index contributed by atoms with van der Waals surface area (Å²) in [7, 11) is 0. The van der Waals surface area contributed by atoms with E-state index in [9.17, 15) is 4.79 Å². The maximum Gasteiger partial charge on any atom is 0.225 e. The Balaban J connectivity index is 2.45. The lowest BCUT2D eigenvalue weighted by molar-refractivity contribution is -0.132. The number of amides is 1. The minimum absolute atomic E-state index is 0.0368. The van der Waals surface area contributed by atoms with Crippen LogP contribution < -0.4 is 5.32 Å². The molecule has 1 N–H and O–H groups in total. The highest BCUT2D eigenvalue weighted by atomic mass is 16.5. The molecule has 0 aromatic rings. The van der Waals surface area contributed by atoms with Gasteiger partial charge in [0, 0.05) is 13.2 Å². The van der Waals surface area contributed by atoms with Gasteiger partial charge in [-0.15, -0.1) is 0 Å². The Kier molecular flexibility index (Phi) is 19.1. The first kappa shape index (κ1) is 30.4. The summed E-state index contributed by atoms with van der Waals surface area (Å²) in [5.41, 5.74) is 0. The molecule has 4 atom stereocenters. The summed E-state index contributed by atoms with van der Waals surface area (Å²) < 4.78 is 12.4. The molecule has 0 radical (unpaired) electrons. The lowest BCUT2D eigenvalue weighted by Gasteiger charge is -2.30. The molecule has 1 unspecified atom stereocenters. The first-order valence-corrected chi connectivity index (χ1v) is 14.6. The third-order valence-corrected chi connectivity index (χ3v) is 7.29. The van der Waals surface area contributed by atoms with Crippen LogP contribution in [0.1, 0.15) is 143 Å². The molecule has 196 valence electrons. The van der Waals surface area contributed by atoms with Crippen molar-refractivity contribution < 1.29 is 14.3 Å². The molecule has 0 aromatic carbocycles. The van der Waals surface area contributed by atoms with E-state index in [1.54, 1.807) is 0 Å². The third kappa shape index (κ3) is 15.1. The van der Waals surface area contributed by atoms with E-state index < -0.39 is 0 Å². The average Bonchev–Trinajstić information content (AvgIpc) is 2.81. The molecule has 0 spiro atoms. The lowest BCUT2D eigenvalue weighted by Crippen LogP contribution is -2.47. The molecule has 0 bridgehead atoms. The third-order valence-electron chi connectivity index (χ3n) is 7.29. The predicted molar refractivity (Wildman–Crippen MR) is 141 cm³/mol. The van der Waals surface area contributed by atoms with Crippen LogP contribution in [0.5, 0.6) is 0 Å². The Morgan fingerprint density at radius 3 is 1.61 bits per heavy atom. The molecule has 1 fully saturated rings. The smallest absolute Gasteiger partial charge is 0.225 e. The molecule has 4 nitrogen and oxygen atoms in total. The number of rotatable bonds is 16. The molecule has 33 heavy (non-hydrogen) atoms. The summed E-state index contributed by atoms with van der Waals surface area (Å²) in [4.78, 5) is 13.0. The maximum absolute atomic E-state index is 13.0. The molecule has 1 amide bonds. The molecule has 0 aliphatic carbocycles. The van der Waals surface area contributed by atoms with Crippen LogP contribution in [0, 0.1) is 5.92 Å². The number of carbonyl (C=O) groups excluding carboxylic acids is 1. The van der Waals surface area contributed by atoms with Crippen molar-refractivity contribution in [2.24, 2.45) is 5.92 Å². The molecule has 0 aromatic heterocycles. The van der Waals surface area contributed by atoms with Gasteiger partial charge >= 0.3 is 0 Å². The maximum atomic E-state index is 13.0. The number of hydrogen-bond donors (Lipinski definition) is 1. The van der Waals surface area contributed by atoms with E-state index in [1.165, 1.54) is 83.5 Å². The van der Waals surface area contributed by atoms with Gasteiger partial charge in [-0.05, 0) is 32.6 Å². The average molecular weight is 468 g/mol. The molecule has 1 aliphatic heterocycles. The van der Waals surface area contributed by atoms with Gasteiger partial charge in [-0.1, -0.05) is 111 Å². The number of ether oxygens (including phenoxy) is 2. The van der Waals surface area contributed by atoms with Gasteiger partial charge in [0.1, 0.15) is 0 Å². The normalized spacial score (nSPS) is 25.3. The number of nitrogens with one attached hydrogen (secondary N) is 1. The number of unbranched alkanes of at least 4 members (excludes halogenated alkanes) is 12. The van der Waals surface area contributed by atoms with Crippen molar-refractivity contribution in [3.63, 3.8) is 0 Å². The second kappa shape index (κ2) is 20.7. The van der Waals surface area contributed by atoms with Crippen LogP contribution in [0.3, 0.4) is 0 Å². The van der Waals surface area contributed by atoms with Gasteiger partial charge in [0.25, 0.3) is 0 Å². The van der Waals surface area contributed by atoms with Crippen LogP contribution in [0.2, 0.25) is 0 Å².